The fraction of sp³-hybridized carbons (Fsp3) is 0.357. The van der Waals surface area contributed by atoms with Crippen molar-refractivity contribution < 1.29 is 22.7 Å². The second kappa shape index (κ2) is 10.4. The first kappa shape index (κ1) is 25.1. The smallest absolute Gasteiger partial charge is 0.406 e. The first-order chi connectivity index (χ1) is 17.7. The zero-order valence-electron chi connectivity index (χ0n) is 20.7. The van der Waals surface area contributed by atoms with Crippen LogP contribution in [0.1, 0.15) is 32.6 Å². The van der Waals surface area contributed by atoms with Crippen molar-refractivity contribution in [3.8, 4) is 5.75 Å². The Morgan fingerprint density at radius 2 is 1.65 bits per heavy atom. The van der Waals surface area contributed by atoms with Crippen LogP contribution in [-0.2, 0) is 19.5 Å². The highest BCUT2D eigenvalue weighted by Crippen LogP contribution is 2.32. The summed E-state index contributed by atoms with van der Waals surface area (Å²) in [5.41, 5.74) is 5.86. The molecule has 0 spiro atoms. The first-order valence-electron chi connectivity index (χ1n) is 12.4. The van der Waals surface area contributed by atoms with Gasteiger partial charge in [-0.3, -0.25) is 14.7 Å². The van der Waals surface area contributed by atoms with E-state index in [0.29, 0.717) is 13.1 Å². The SMILES string of the molecule is Cc1cc(N2CCN(CCc3ccncc3)CC2)cc2c1C(=O)N(Cc1ccc(OC(F)(F)F)cc1)C2. The van der Waals surface area contributed by atoms with Crippen molar-refractivity contribution in [3.63, 3.8) is 0 Å². The lowest BCUT2D eigenvalue weighted by atomic mass is 10.0. The molecule has 2 aromatic carbocycles. The number of fused-ring (bicyclic) bond motifs is 1. The molecule has 0 atom stereocenters. The lowest BCUT2D eigenvalue weighted by Gasteiger charge is -2.36. The molecule has 2 aliphatic heterocycles. The number of benzene rings is 2. The van der Waals surface area contributed by atoms with E-state index in [2.05, 4.69) is 43.8 Å². The molecular formula is C28H29F3N4O2. The van der Waals surface area contributed by atoms with E-state index in [0.717, 1.165) is 67.1 Å². The van der Waals surface area contributed by atoms with E-state index in [1.54, 1.807) is 17.0 Å². The van der Waals surface area contributed by atoms with Crippen LogP contribution in [0.5, 0.6) is 5.75 Å². The first-order valence-corrected chi connectivity index (χ1v) is 12.4. The summed E-state index contributed by atoms with van der Waals surface area (Å²) in [7, 11) is 0. The Kier molecular flexibility index (Phi) is 7.06. The number of carbonyl (C=O) groups excluding carboxylic acids is 1. The van der Waals surface area contributed by atoms with Gasteiger partial charge in [-0.2, -0.15) is 0 Å². The van der Waals surface area contributed by atoms with Crippen LogP contribution in [0.4, 0.5) is 18.9 Å². The van der Waals surface area contributed by atoms with Gasteiger partial charge in [-0.05, 0) is 72.0 Å². The second-order valence-electron chi connectivity index (χ2n) is 9.58. The molecule has 0 saturated carbocycles. The average Bonchev–Trinajstić information content (AvgIpc) is 3.19. The largest absolute Gasteiger partial charge is 0.573 e. The molecule has 1 amide bonds. The summed E-state index contributed by atoms with van der Waals surface area (Å²) in [6.45, 7) is 7.63. The van der Waals surface area contributed by atoms with Gasteiger partial charge in [0.05, 0.1) is 0 Å². The van der Waals surface area contributed by atoms with Crippen molar-refractivity contribution in [2.45, 2.75) is 32.8 Å². The molecule has 194 valence electrons. The third-order valence-electron chi connectivity index (χ3n) is 7.00. The van der Waals surface area contributed by atoms with Crippen LogP contribution >= 0.6 is 0 Å². The van der Waals surface area contributed by atoms with Crippen molar-refractivity contribution in [2.24, 2.45) is 0 Å². The van der Waals surface area contributed by atoms with Crippen LogP contribution in [0.15, 0.2) is 60.9 Å². The summed E-state index contributed by atoms with van der Waals surface area (Å²) in [5.74, 6) is -0.319. The summed E-state index contributed by atoms with van der Waals surface area (Å²) >= 11 is 0. The van der Waals surface area contributed by atoms with E-state index < -0.39 is 6.36 Å². The van der Waals surface area contributed by atoms with Crippen LogP contribution in [0.25, 0.3) is 0 Å². The minimum atomic E-state index is -4.73. The van der Waals surface area contributed by atoms with Gasteiger partial charge in [0.25, 0.3) is 5.91 Å². The van der Waals surface area contributed by atoms with Gasteiger partial charge in [0.2, 0.25) is 0 Å². The van der Waals surface area contributed by atoms with E-state index in [-0.39, 0.29) is 11.7 Å². The Morgan fingerprint density at radius 3 is 2.32 bits per heavy atom. The lowest BCUT2D eigenvalue weighted by molar-refractivity contribution is -0.274. The Morgan fingerprint density at radius 1 is 0.946 bits per heavy atom. The standard InChI is InChI=1S/C28H29F3N4O2/c1-20-16-24(34-14-12-33(13-15-34)11-8-21-6-9-32-10-7-21)17-23-19-35(27(36)26(20)23)18-22-2-4-25(5-3-22)37-28(29,30)31/h2-7,9-10,16-17H,8,11-15,18-19H2,1H3. The number of aryl methyl sites for hydroxylation is 1. The highest BCUT2D eigenvalue weighted by atomic mass is 19.4. The highest BCUT2D eigenvalue weighted by molar-refractivity contribution is 6.00. The molecule has 9 heteroatoms. The number of hydrogen-bond acceptors (Lipinski definition) is 5. The number of ether oxygens (including phenoxy) is 1. The molecule has 3 aromatic rings. The van der Waals surface area contributed by atoms with Gasteiger partial charge in [-0.15, -0.1) is 13.2 Å². The molecule has 0 bridgehead atoms. The number of carbonyl (C=O) groups is 1. The maximum absolute atomic E-state index is 13.1. The van der Waals surface area contributed by atoms with Gasteiger partial charge >= 0.3 is 6.36 Å². The van der Waals surface area contributed by atoms with Crippen LogP contribution in [0, 0.1) is 6.92 Å². The molecule has 1 aromatic heterocycles. The number of rotatable bonds is 7. The molecule has 2 aliphatic rings. The third-order valence-corrected chi connectivity index (χ3v) is 7.00. The van der Waals surface area contributed by atoms with E-state index in [9.17, 15) is 18.0 Å². The maximum Gasteiger partial charge on any atom is 0.573 e. The van der Waals surface area contributed by atoms with E-state index >= 15 is 0 Å². The summed E-state index contributed by atoms with van der Waals surface area (Å²) < 4.78 is 41.2. The third kappa shape index (κ3) is 6.05. The van der Waals surface area contributed by atoms with E-state index in [4.69, 9.17) is 0 Å². The fourth-order valence-corrected chi connectivity index (χ4v) is 5.10. The zero-order chi connectivity index (χ0) is 26.0. The molecular weight excluding hydrogens is 481 g/mol. The van der Waals surface area contributed by atoms with Gasteiger partial charge in [0.15, 0.2) is 0 Å². The van der Waals surface area contributed by atoms with Gasteiger partial charge in [0.1, 0.15) is 5.75 Å². The molecule has 1 saturated heterocycles. The lowest BCUT2D eigenvalue weighted by Crippen LogP contribution is -2.47. The van der Waals surface area contributed by atoms with E-state index in [1.165, 1.54) is 17.7 Å². The number of halogens is 3. The Labute approximate surface area is 214 Å². The highest BCUT2D eigenvalue weighted by Gasteiger charge is 2.32. The van der Waals surface area contributed by atoms with Crippen molar-refractivity contribution in [1.82, 2.24) is 14.8 Å². The van der Waals surface area contributed by atoms with Crippen LogP contribution in [0.3, 0.4) is 0 Å². The van der Waals surface area contributed by atoms with Crippen molar-refractivity contribution >= 4 is 11.6 Å². The van der Waals surface area contributed by atoms with E-state index in [1.807, 2.05) is 19.3 Å². The van der Waals surface area contributed by atoms with Gasteiger partial charge in [-0.1, -0.05) is 12.1 Å². The number of amides is 1. The zero-order valence-corrected chi connectivity index (χ0v) is 20.7. The summed E-state index contributed by atoms with van der Waals surface area (Å²) in [6.07, 6.45) is -0.0519. The summed E-state index contributed by atoms with van der Waals surface area (Å²) in [5, 5.41) is 0. The molecule has 6 nitrogen and oxygen atoms in total. The predicted octanol–water partition coefficient (Wildman–Crippen LogP) is 4.81. The summed E-state index contributed by atoms with van der Waals surface area (Å²) in [6, 6.07) is 14.0. The number of pyridine rings is 1. The minimum Gasteiger partial charge on any atom is -0.406 e. The topological polar surface area (TPSA) is 48.9 Å². The molecule has 37 heavy (non-hydrogen) atoms. The minimum absolute atomic E-state index is 0.0457. The monoisotopic (exact) mass is 510 g/mol. The molecule has 0 radical (unpaired) electrons. The van der Waals surface area contributed by atoms with Crippen molar-refractivity contribution in [2.75, 3.05) is 37.6 Å². The summed E-state index contributed by atoms with van der Waals surface area (Å²) in [4.78, 5) is 23.8. The number of nitrogens with zero attached hydrogens (tertiary/aromatic N) is 4. The van der Waals surface area contributed by atoms with Crippen molar-refractivity contribution in [3.05, 3.63) is 88.7 Å². The quantitative estimate of drug-likeness (QED) is 0.457. The van der Waals surface area contributed by atoms with Crippen LogP contribution in [-0.4, -0.2) is 59.8 Å². The van der Waals surface area contributed by atoms with Gasteiger partial charge in [0, 0.05) is 69.5 Å². The number of hydrogen-bond donors (Lipinski definition) is 0. The molecule has 0 unspecified atom stereocenters. The predicted molar refractivity (Wildman–Crippen MR) is 134 cm³/mol. The van der Waals surface area contributed by atoms with Crippen molar-refractivity contribution in [1.29, 1.82) is 0 Å². The Balaban J connectivity index is 1.19. The van der Waals surface area contributed by atoms with Crippen LogP contribution in [0.2, 0.25) is 0 Å². The molecule has 3 heterocycles. The van der Waals surface area contributed by atoms with Gasteiger partial charge in [-0.25, -0.2) is 0 Å². The fourth-order valence-electron chi connectivity index (χ4n) is 5.10. The molecule has 5 rings (SSSR count). The number of anilines is 1. The Hall–Kier alpha value is -3.59. The van der Waals surface area contributed by atoms with Gasteiger partial charge < -0.3 is 14.5 Å². The molecule has 0 aliphatic carbocycles. The molecule has 0 N–H and O–H groups in total. The number of piperazine rings is 1. The average molecular weight is 511 g/mol. The second-order valence-corrected chi connectivity index (χ2v) is 9.58. The maximum atomic E-state index is 13.1. The number of alkyl halides is 3. The normalized spacial score (nSPS) is 16.3. The number of aromatic nitrogens is 1. The van der Waals surface area contributed by atoms with Crippen LogP contribution < -0.4 is 9.64 Å². The molecule has 1 fully saturated rings. The Bertz CT molecular complexity index is 1240.